The zero-order valence-corrected chi connectivity index (χ0v) is 57.2. The van der Waals surface area contributed by atoms with Gasteiger partial charge in [-0.3, -0.25) is 4.79 Å². The summed E-state index contributed by atoms with van der Waals surface area (Å²) in [7, 11) is 0. The molecule has 7 heteroatoms. The van der Waals surface area contributed by atoms with Crippen LogP contribution >= 0.6 is 0 Å². The van der Waals surface area contributed by atoms with Crippen LogP contribution in [0.3, 0.4) is 0 Å². The largest absolute Gasteiger partial charge is 0.516 e. The summed E-state index contributed by atoms with van der Waals surface area (Å²) < 4.78 is 0. The Hall–Kier alpha value is -5.89. The van der Waals surface area contributed by atoms with Gasteiger partial charge in [0.05, 0.1) is 30.2 Å². The molecule has 17 bridgehead atoms. The number of carboxylic acids is 1. The fourth-order valence-corrected chi connectivity index (χ4v) is 28.4. The fraction of sp³-hybridized carbons (Fsp3) is 0.580. The Kier molecular flexibility index (Phi) is 14.4. The van der Waals surface area contributed by atoms with Crippen molar-refractivity contribution in [2.75, 3.05) is 13.1 Å². The molecule has 3 aromatic rings. The Morgan fingerprint density at radius 3 is 2.46 bits per heavy atom. The van der Waals surface area contributed by atoms with Crippen molar-refractivity contribution in [3.63, 3.8) is 0 Å². The second kappa shape index (κ2) is 22.3. The molecule has 0 saturated heterocycles. The van der Waals surface area contributed by atoms with Crippen molar-refractivity contribution < 1.29 is 25.2 Å². The molecule has 3 aromatic carbocycles. The average Bonchev–Trinajstić information content (AvgIpc) is 1.50. The monoisotopic (exact) mass is 1270 g/mol. The van der Waals surface area contributed by atoms with Gasteiger partial charge in [-0.2, -0.15) is 0 Å². The number of aryl methyl sites for hydroxylation is 1. The Morgan fingerprint density at radius 1 is 0.789 bits per heavy atom. The van der Waals surface area contributed by atoms with Gasteiger partial charge in [-0.15, -0.1) is 0 Å². The van der Waals surface area contributed by atoms with Crippen molar-refractivity contribution in [2.24, 2.45) is 102 Å². The van der Waals surface area contributed by atoms with Crippen LogP contribution in [0.25, 0.3) is 17.2 Å². The van der Waals surface area contributed by atoms with Gasteiger partial charge < -0.3 is 31.1 Å². The minimum atomic E-state index is -1.07. The highest BCUT2D eigenvalue weighted by molar-refractivity contribution is 5.78. The van der Waals surface area contributed by atoms with Crippen molar-refractivity contribution in [1.82, 2.24) is 10.6 Å². The molecule has 4 spiro atoms. The number of aliphatic hydroxyl groups is 3. The molecule has 0 aromatic heterocycles. The van der Waals surface area contributed by atoms with Gasteiger partial charge in [-0.1, -0.05) is 192 Å². The minimum absolute atomic E-state index is 0.00755. The summed E-state index contributed by atoms with van der Waals surface area (Å²) in [5, 5.41) is 62.2. The Morgan fingerprint density at radius 2 is 1.63 bits per heavy atom. The van der Waals surface area contributed by atoms with Crippen molar-refractivity contribution in [3.05, 3.63) is 195 Å². The van der Waals surface area contributed by atoms with E-state index >= 15 is 4.79 Å². The number of benzene rings is 3. The first-order valence-electron chi connectivity index (χ1n) is 38.5. The molecule has 6 aliphatic heterocycles. The molecule has 498 valence electrons. The molecule has 95 heavy (non-hydrogen) atoms. The lowest BCUT2D eigenvalue weighted by atomic mass is 9.26. The van der Waals surface area contributed by atoms with Crippen LogP contribution in [-0.4, -0.2) is 51.7 Å². The van der Waals surface area contributed by atoms with Crippen LogP contribution in [0, 0.1) is 102 Å². The van der Waals surface area contributed by atoms with Crippen LogP contribution in [0.5, 0.6) is 0 Å². The topological polar surface area (TPSA) is 122 Å². The summed E-state index contributed by atoms with van der Waals surface area (Å²) in [5.74, 6) is 1.81. The lowest BCUT2D eigenvalue weighted by molar-refractivity contribution is -0.218. The second-order valence-electron chi connectivity index (χ2n) is 34.7. The minimum Gasteiger partial charge on any atom is -0.516 e. The first kappa shape index (κ1) is 61.4. The first-order valence-corrected chi connectivity index (χ1v) is 38.5. The number of aliphatic carboxylic acids is 1. The quantitative estimate of drug-likeness (QED) is 0.0755. The SMILES string of the molecule is CCCCCc1ccccc1CC1CC2C=CC3CC4CC5=C6CC78C=CCC9(C)C(O)CCC5(C5C=c%10ccccc%10=C(Cc%10cccc(c%10)C%10=CC=C(NCCCC(C%11CCCCC%11)C(=CO)CCC(C(=O)O)C%11%12C=CC%13C2(CCC3%13C6(CC%11O)C4%12C)C1)NC%10)C5=C7)C89. The molecular weight excluding hydrogens is 1160 g/mol. The van der Waals surface area contributed by atoms with Crippen LogP contribution in [-0.2, 0) is 24.1 Å². The zero-order valence-electron chi connectivity index (χ0n) is 57.2. The van der Waals surface area contributed by atoms with Crippen molar-refractivity contribution in [3.8, 4) is 0 Å². The molecule has 19 atom stereocenters. The van der Waals surface area contributed by atoms with E-state index in [1.165, 1.54) is 108 Å². The molecule has 13 aliphatic carbocycles. The number of unbranched alkanes of at least 4 members (excludes halogenated alkanes) is 2. The van der Waals surface area contributed by atoms with Gasteiger partial charge in [0.2, 0.25) is 0 Å². The number of fused-ring (bicyclic) bond motifs is 1. The predicted octanol–water partition coefficient (Wildman–Crippen LogP) is 16.5. The maximum absolute atomic E-state index is 15.5. The Bertz CT molecular complexity index is 4060. The number of hydrogen-bond donors (Lipinski definition) is 6. The molecule has 6 fully saturated rings. The van der Waals surface area contributed by atoms with E-state index < -0.39 is 45.8 Å². The van der Waals surface area contributed by atoms with Gasteiger partial charge in [0, 0.05) is 46.1 Å². The fourth-order valence-electron chi connectivity index (χ4n) is 28.4. The average molecular weight is 1270 g/mol. The Labute approximate surface area is 566 Å². The van der Waals surface area contributed by atoms with E-state index in [9.17, 15) is 20.4 Å². The van der Waals surface area contributed by atoms with Crippen molar-refractivity contribution in [1.29, 1.82) is 0 Å². The van der Waals surface area contributed by atoms with Gasteiger partial charge >= 0.3 is 5.97 Å². The maximum Gasteiger partial charge on any atom is 0.307 e. The molecule has 7 nitrogen and oxygen atoms in total. The number of rotatable bonds is 8. The molecule has 19 aliphatic rings. The van der Waals surface area contributed by atoms with E-state index in [4.69, 9.17) is 0 Å². The van der Waals surface area contributed by atoms with Crippen LogP contribution in [0.2, 0.25) is 0 Å². The van der Waals surface area contributed by atoms with Crippen molar-refractivity contribution >= 4 is 23.2 Å². The normalized spacial score (nSPS) is 43.5. The summed E-state index contributed by atoms with van der Waals surface area (Å²) in [6, 6.07) is 28.1. The highest BCUT2D eigenvalue weighted by Crippen LogP contribution is 2.93. The summed E-state index contributed by atoms with van der Waals surface area (Å²) in [5.41, 5.74) is 10.6. The van der Waals surface area contributed by atoms with E-state index in [-0.39, 0.29) is 51.2 Å². The summed E-state index contributed by atoms with van der Waals surface area (Å²) in [4.78, 5) is 15.5. The molecular formula is C88H106N2O5. The van der Waals surface area contributed by atoms with E-state index in [1.807, 2.05) is 0 Å². The van der Waals surface area contributed by atoms with Crippen molar-refractivity contribution in [2.45, 2.75) is 200 Å². The smallest absolute Gasteiger partial charge is 0.307 e. The number of hydrogen-bond acceptors (Lipinski definition) is 6. The number of carbonyl (C=O) groups is 1. The van der Waals surface area contributed by atoms with Gasteiger partial charge in [0.25, 0.3) is 0 Å². The van der Waals surface area contributed by atoms with E-state index in [2.05, 4.69) is 165 Å². The van der Waals surface area contributed by atoms with Gasteiger partial charge in [-0.25, -0.2) is 0 Å². The number of dihydropyridines is 1. The molecule has 6 N–H and O–H groups in total. The third-order valence-corrected chi connectivity index (χ3v) is 31.7. The summed E-state index contributed by atoms with van der Waals surface area (Å²) in [6.45, 7) is 8.97. The van der Waals surface area contributed by atoms with Crippen LogP contribution in [0.15, 0.2) is 162 Å². The molecule has 0 amide bonds. The summed E-state index contributed by atoms with van der Waals surface area (Å²) in [6.07, 6.45) is 52.1. The molecule has 0 radical (unpaired) electrons. The Balaban J connectivity index is 0.867. The van der Waals surface area contributed by atoms with Crippen LogP contribution in [0.1, 0.15) is 191 Å². The standard InChI is InChI=1S/C88H106N2O5/c1-4-5-7-18-57-19-10-11-22-59(57)43-56-44-64-29-30-65-47-66-48-73-74-51-83-36-16-35-81(2)76(92)34-37-85(73,80(81)83)72-46-61-23-12-13-25-68(61)69(70(72)50-83)45-55-17-14-24-60(42-55)62-28-32-78(90-53-62)89-41-15-26-67(58-20-8-6-9-21-58)63(54-91)27-31-71(79(94)95)87-38-33-75-84(64,49-56)39-40-86(65,75)88(74,52-77(87)93)82(66,87)3/h10-14,16-17,19,22-25,28-30,32-33,36,38,42,46,50,54,56,58,64-67,71-72,75-77,80,89-93H,4-9,15,18,20-21,26-27,31,34-35,37,39-41,43-45,47-49,51-53H2,1-3H3,(H,94,95). The third-order valence-electron chi connectivity index (χ3n) is 31.7. The highest BCUT2D eigenvalue weighted by Gasteiger charge is 2.88. The number of carboxylic acid groups (broad SMARTS) is 1. The van der Waals surface area contributed by atoms with E-state index in [0.717, 1.165) is 114 Å². The van der Waals surface area contributed by atoms with Crippen LogP contribution in [0.4, 0.5) is 0 Å². The van der Waals surface area contributed by atoms with E-state index in [1.54, 1.807) is 16.7 Å². The number of nitrogens with one attached hydrogen (secondary N) is 2. The molecule has 19 unspecified atom stereocenters. The zero-order chi connectivity index (χ0) is 64.5. The van der Waals surface area contributed by atoms with E-state index in [0.29, 0.717) is 42.9 Å². The van der Waals surface area contributed by atoms with Crippen LogP contribution < -0.4 is 21.1 Å². The lowest BCUT2D eigenvalue weighted by Gasteiger charge is -2.77. The predicted molar refractivity (Wildman–Crippen MR) is 380 cm³/mol. The lowest BCUT2D eigenvalue weighted by Crippen LogP contribution is -2.72. The number of allylic oxidation sites excluding steroid dienone is 12. The maximum atomic E-state index is 15.5. The molecule has 6 heterocycles. The third kappa shape index (κ3) is 8.21. The number of aliphatic hydroxyl groups excluding tert-OH is 3. The second-order valence-corrected chi connectivity index (χ2v) is 34.7. The van der Waals surface area contributed by atoms with Gasteiger partial charge in [0.1, 0.15) is 0 Å². The molecule has 22 rings (SSSR count). The summed E-state index contributed by atoms with van der Waals surface area (Å²) >= 11 is 0. The van der Waals surface area contributed by atoms with Gasteiger partial charge in [0.15, 0.2) is 0 Å². The molecule has 6 saturated carbocycles. The highest BCUT2D eigenvalue weighted by atomic mass is 16.4. The first-order chi connectivity index (χ1) is 46.2. The van der Waals surface area contributed by atoms with Gasteiger partial charge in [-0.05, 0) is 259 Å².